The molecule has 0 amide bonds. The van der Waals surface area contributed by atoms with Gasteiger partial charge in [0.1, 0.15) is 0 Å². The van der Waals surface area contributed by atoms with Crippen molar-refractivity contribution in [3.05, 3.63) is 23.8 Å². The molecule has 1 aromatic carbocycles. The van der Waals surface area contributed by atoms with Crippen LogP contribution >= 0.6 is 11.8 Å². The van der Waals surface area contributed by atoms with Crippen molar-refractivity contribution in [2.75, 3.05) is 23.8 Å². The van der Waals surface area contributed by atoms with Crippen LogP contribution in [-0.4, -0.2) is 30.1 Å². The van der Waals surface area contributed by atoms with Crippen molar-refractivity contribution in [3.8, 4) is 0 Å². The minimum Gasteiger partial charge on any atom is -0.394 e. The van der Waals surface area contributed by atoms with Crippen LogP contribution in [0.15, 0.2) is 23.1 Å². The van der Waals surface area contributed by atoms with Gasteiger partial charge in [0.05, 0.1) is 12.6 Å². The van der Waals surface area contributed by atoms with Crippen LogP contribution in [0.4, 0.5) is 5.69 Å². The van der Waals surface area contributed by atoms with Gasteiger partial charge in [0.2, 0.25) is 0 Å². The molecule has 0 aliphatic carbocycles. The summed E-state index contributed by atoms with van der Waals surface area (Å²) in [6, 6.07) is 6.64. The highest BCUT2D eigenvalue weighted by Crippen LogP contribution is 2.34. The van der Waals surface area contributed by atoms with E-state index in [4.69, 9.17) is 5.73 Å². The van der Waals surface area contributed by atoms with Crippen molar-refractivity contribution >= 4 is 17.4 Å². The molecular weight excluding hydrogens is 244 g/mol. The zero-order valence-electron chi connectivity index (χ0n) is 10.9. The van der Waals surface area contributed by atoms with Crippen LogP contribution in [-0.2, 0) is 6.54 Å². The molecule has 1 fully saturated rings. The molecule has 1 aliphatic heterocycles. The first-order valence-corrected chi connectivity index (χ1v) is 7.62. The molecule has 100 valence electrons. The lowest BCUT2D eigenvalue weighted by molar-refractivity contribution is 0.266. The number of aliphatic hydroxyl groups excluding tert-OH is 1. The Morgan fingerprint density at radius 3 is 3.00 bits per heavy atom. The van der Waals surface area contributed by atoms with Gasteiger partial charge in [0.25, 0.3) is 0 Å². The Balaban J connectivity index is 2.34. The fourth-order valence-electron chi connectivity index (χ4n) is 2.66. The molecule has 1 unspecified atom stereocenters. The number of anilines is 1. The van der Waals surface area contributed by atoms with Crippen molar-refractivity contribution in [3.63, 3.8) is 0 Å². The Kier molecular flexibility index (Phi) is 4.92. The van der Waals surface area contributed by atoms with E-state index in [1.807, 2.05) is 11.8 Å². The van der Waals surface area contributed by atoms with Gasteiger partial charge in [0.15, 0.2) is 0 Å². The minimum absolute atomic E-state index is 0.231. The fraction of sp³-hybridized carbons (Fsp3) is 0.571. The van der Waals surface area contributed by atoms with Crippen molar-refractivity contribution in [1.82, 2.24) is 0 Å². The molecular formula is C14H22N2OS. The van der Waals surface area contributed by atoms with Crippen molar-refractivity contribution in [1.29, 1.82) is 0 Å². The van der Waals surface area contributed by atoms with Crippen LogP contribution < -0.4 is 10.6 Å². The van der Waals surface area contributed by atoms with Crippen LogP contribution in [0.3, 0.4) is 0 Å². The van der Waals surface area contributed by atoms with Gasteiger partial charge in [-0.15, -0.1) is 11.8 Å². The molecule has 3 N–H and O–H groups in total. The van der Waals surface area contributed by atoms with E-state index < -0.39 is 0 Å². The van der Waals surface area contributed by atoms with Gasteiger partial charge in [-0.2, -0.15) is 0 Å². The zero-order chi connectivity index (χ0) is 13.0. The van der Waals surface area contributed by atoms with Gasteiger partial charge < -0.3 is 15.7 Å². The molecule has 0 bridgehead atoms. The number of hydrogen-bond acceptors (Lipinski definition) is 4. The molecule has 18 heavy (non-hydrogen) atoms. The van der Waals surface area contributed by atoms with Crippen molar-refractivity contribution < 1.29 is 5.11 Å². The van der Waals surface area contributed by atoms with Gasteiger partial charge in [-0.25, -0.2) is 0 Å². The molecule has 0 saturated carbocycles. The average molecular weight is 266 g/mol. The summed E-state index contributed by atoms with van der Waals surface area (Å²) in [4.78, 5) is 3.60. The maximum atomic E-state index is 9.46. The van der Waals surface area contributed by atoms with Gasteiger partial charge in [0, 0.05) is 29.2 Å². The van der Waals surface area contributed by atoms with Crippen LogP contribution in [0.5, 0.6) is 0 Å². The zero-order valence-corrected chi connectivity index (χ0v) is 11.7. The van der Waals surface area contributed by atoms with Gasteiger partial charge >= 0.3 is 0 Å². The first kappa shape index (κ1) is 13.7. The Labute approximate surface area is 113 Å². The summed E-state index contributed by atoms with van der Waals surface area (Å²) in [5.74, 6) is 1.06. The third kappa shape index (κ3) is 2.66. The second kappa shape index (κ2) is 6.45. The monoisotopic (exact) mass is 266 g/mol. The number of nitrogens with zero attached hydrogens (tertiary/aromatic N) is 1. The molecule has 1 atom stereocenters. The highest BCUT2D eigenvalue weighted by Gasteiger charge is 2.26. The van der Waals surface area contributed by atoms with E-state index in [0.29, 0.717) is 6.54 Å². The van der Waals surface area contributed by atoms with E-state index in [-0.39, 0.29) is 12.6 Å². The third-order valence-corrected chi connectivity index (χ3v) is 4.49. The van der Waals surface area contributed by atoms with Crippen molar-refractivity contribution in [2.45, 2.75) is 37.2 Å². The molecule has 1 aromatic rings. The lowest BCUT2D eigenvalue weighted by atomic mass is 10.1. The molecule has 0 radical (unpaired) electrons. The Hall–Kier alpha value is -0.710. The predicted octanol–water partition coefficient (Wildman–Crippen LogP) is 2.22. The summed E-state index contributed by atoms with van der Waals surface area (Å²) in [6.07, 6.45) is 2.23. The van der Waals surface area contributed by atoms with E-state index in [0.717, 1.165) is 25.1 Å². The largest absolute Gasteiger partial charge is 0.394 e. The number of aliphatic hydroxyl groups is 1. The second-order valence-electron chi connectivity index (χ2n) is 4.56. The summed E-state index contributed by atoms with van der Waals surface area (Å²) in [5, 5.41) is 9.46. The first-order chi connectivity index (χ1) is 8.81. The number of nitrogens with two attached hydrogens (primary N) is 1. The number of benzene rings is 1. The predicted molar refractivity (Wildman–Crippen MR) is 78.2 cm³/mol. The quantitative estimate of drug-likeness (QED) is 0.802. The smallest absolute Gasteiger partial charge is 0.0635 e. The molecule has 1 aliphatic rings. The fourth-order valence-corrected chi connectivity index (χ4v) is 3.51. The second-order valence-corrected chi connectivity index (χ2v) is 5.87. The van der Waals surface area contributed by atoms with Crippen LogP contribution in [0.1, 0.15) is 25.3 Å². The van der Waals surface area contributed by atoms with Gasteiger partial charge in [-0.3, -0.25) is 0 Å². The maximum absolute atomic E-state index is 9.46. The molecule has 1 heterocycles. The van der Waals surface area contributed by atoms with Gasteiger partial charge in [-0.1, -0.05) is 13.0 Å². The van der Waals surface area contributed by atoms with E-state index >= 15 is 0 Å². The van der Waals surface area contributed by atoms with Crippen molar-refractivity contribution in [2.24, 2.45) is 5.73 Å². The van der Waals surface area contributed by atoms with Gasteiger partial charge in [-0.05, 0) is 30.7 Å². The van der Waals surface area contributed by atoms with Crippen LogP contribution in [0.2, 0.25) is 0 Å². The molecule has 0 aromatic heterocycles. The minimum atomic E-state index is 0.231. The maximum Gasteiger partial charge on any atom is 0.0635 e. The normalized spacial score (nSPS) is 19.5. The van der Waals surface area contributed by atoms with Crippen LogP contribution in [0.25, 0.3) is 0 Å². The average Bonchev–Trinajstić information content (AvgIpc) is 2.87. The van der Waals surface area contributed by atoms with E-state index in [9.17, 15) is 5.11 Å². The lowest BCUT2D eigenvalue weighted by Crippen LogP contribution is -2.33. The molecule has 2 rings (SSSR count). The third-order valence-electron chi connectivity index (χ3n) is 3.51. The summed E-state index contributed by atoms with van der Waals surface area (Å²) >= 11 is 1.84. The molecule has 4 heteroatoms. The molecule has 0 spiro atoms. The lowest BCUT2D eigenvalue weighted by Gasteiger charge is -2.28. The Bertz CT molecular complexity index is 397. The summed E-state index contributed by atoms with van der Waals surface area (Å²) in [5.41, 5.74) is 8.38. The summed E-state index contributed by atoms with van der Waals surface area (Å²) < 4.78 is 0. The number of rotatable bonds is 5. The Morgan fingerprint density at radius 1 is 1.50 bits per heavy atom. The molecule has 3 nitrogen and oxygen atoms in total. The van der Waals surface area contributed by atoms with E-state index in [2.05, 4.69) is 30.0 Å². The summed E-state index contributed by atoms with van der Waals surface area (Å²) in [7, 11) is 0. The first-order valence-electron chi connectivity index (χ1n) is 6.64. The van der Waals surface area contributed by atoms with E-state index in [1.54, 1.807) is 0 Å². The number of thioether (sulfide) groups is 1. The highest BCUT2D eigenvalue weighted by atomic mass is 32.2. The summed E-state index contributed by atoms with van der Waals surface area (Å²) in [6.45, 7) is 3.98. The topological polar surface area (TPSA) is 49.5 Å². The Morgan fingerprint density at radius 2 is 2.33 bits per heavy atom. The number of hydrogen-bond donors (Lipinski definition) is 2. The van der Waals surface area contributed by atoms with E-state index in [1.165, 1.54) is 16.1 Å². The SMILES string of the molecule is CCSc1cccc(N2CCCC2CO)c1CN. The molecule has 1 saturated heterocycles. The standard InChI is InChI=1S/C14H22N2OS/c1-2-18-14-7-3-6-13(12(14)9-15)16-8-4-5-11(16)10-17/h3,6-7,11,17H,2,4-5,8-10,15H2,1H3. The highest BCUT2D eigenvalue weighted by molar-refractivity contribution is 7.99. The van der Waals surface area contributed by atoms with Crippen LogP contribution in [0, 0.1) is 0 Å².